The Kier molecular flexibility index (Phi) is 6.82. The molecule has 4 heterocycles. The van der Waals surface area contributed by atoms with Gasteiger partial charge in [-0.1, -0.05) is 18.2 Å². The first kappa shape index (κ1) is 23.0. The molecular weight excluding hydrogens is 450 g/mol. The number of fused-ring (bicyclic) bond motifs is 1. The summed E-state index contributed by atoms with van der Waals surface area (Å²) < 4.78 is 13.3. The molecule has 176 valence electrons. The molecule has 4 rings (SSSR count). The van der Waals surface area contributed by atoms with E-state index >= 15 is 0 Å². The Morgan fingerprint density at radius 1 is 1.48 bits per heavy atom. The van der Waals surface area contributed by atoms with E-state index in [-0.39, 0.29) is 24.5 Å². The lowest BCUT2D eigenvalue weighted by Crippen LogP contribution is -2.28. The third-order valence-corrected chi connectivity index (χ3v) is 5.69. The predicted octanol–water partition coefficient (Wildman–Crippen LogP) is 1.97. The van der Waals surface area contributed by atoms with Crippen LogP contribution in [0.2, 0.25) is 5.02 Å². The number of hydrogen-bond donors (Lipinski definition) is 3. The highest BCUT2D eigenvalue weighted by atomic mass is 35.5. The second kappa shape index (κ2) is 9.77. The van der Waals surface area contributed by atoms with E-state index in [1.54, 1.807) is 42.2 Å². The predicted molar refractivity (Wildman–Crippen MR) is 123 cm³/mol. The summed E-state index contributed by atoms with van der Waals surface area (Å²) in [6.07, 6.45) is 5.60. The fourth-order valence-electron chi connectivity index (χ4n) is 3.82. The number of carbonyl (C=O) groups excluding carboxylic acids is 1. The molecule has 1 fully saturated rings. The van der Waals surface area contributed by atoms with Crippen LogP contribution in [0.5, 0.6) is 5.88 Å². The lowest BCUT2D eigenvalue weighted by atomic mass is 10.1. The lowest BCUT2D eigenvalue weighted by Gasteiger charge is -2.17. The van der Waals surface area contributed by atoms with Crippen molar-refractivity contribution in [2.24, 2.45) is 5.92 Å². The fourth-order valence-corrected chi connectivity index (χ4v) is 4.04. The van der Waals surface area contributed by atoms with Crippen LogP contribution in [0.25, 0.3) is 11.0 Å². The van der Waals surface area contributed by atoms with Crippen LogP contribution in [0.4, 0.5) is 11.6 Å². The molecule has 0 saturated carbocycles. The number of amides is 1. The maximum Gasteiger partial charge on any atom is 0.246 e. The van der Waals surface area contributed by atoms with Crippen molar-refractivity contribution in [1.82, 2.24) is 29.6 Å². The number of likely N-dealkylation sites (tertiary alicyclic amines) is 1. The molecule has 0 bridgehead atoms. The number of hydrogen-bond acceptors (Lipinski definition) is 8. The summed E-state index contributed by atoms with van der Waals surface area (Å²) in [7, 11) is 1.62. The lowest BCUT2D eigenvalue weighted by molar-refractivity contribution is -0.125. The minimum atomic E-state index is -0.518. The highest BCUT2D eigenvalue weighted by molar-refractivity contribution is 6.35. The molecule has 11 nitrogen and oxygen atoms in total. The zero-order chi connectivity index (χ0) is 23.5. The number of anilines is 2. The molecule has 1 amide bonds. The van der Waals surface area contributed by atoms with Crippen molar-refractivity contribution < 1.29 is 19.4 Å². The number of halogens is 1. The van der Waals surface area contributed by atoms with Crippen molar-refractivity contribution in [1.29, 1.82) is 0 Å². The van der Waals surface area contributed by atoms with Gasteiger partial charge >= 0.3 is 0 Å². The summed E-state index contributed by atoms with van der Waals surface area (Å²) >= 11 is 6.34. The zero-order valence-corrected chi connectivity index (χ0v) is 19.1. The van der Waals surface area contributed by atoms with Crippen LogP contribution in [0, 0.1) is 5.92 Å². The molecule has 0 radical (unpaired) electrons. The van der Waals surface area contributed by atoms with Crippen molar-refractivity contribution in [3.8, 4) is 5.88 Å². The Morgan fingerprint density at radius 3 is 3.03 bits per heavy atom. The Bertz CT molecular complexity index is 1150. The Morgan fingerprint density at radius 2 is 2.30 bits per heavy atom. The zero-order valence-electron chi connectivity index (χ0n) is 18.4. The summed E-state index contributed by atoms with van der Waals surface area (Å²) in [5.41, 5.74) is 1.18. The van der Waals surface area contributed by atoms with Crippen LogP contribution in [-0.2, 0) is 16.1 Å². The van der Waals surface area contributed by atoms with Crippen molar-refractivity contribution in [2.75, 3.05) is 32.1 Å². The maximum atomic E-state index is 12.0. The van der Waals surface area contributed by atoms with Crippen LogP contribution in [0.3, 0.4) is 0 Å². The van der Waals surface area contributed by atoms with Crippen molar-refractivity contribution >= 4 is 40.2 Å². The van der Waals surface area contributed by atoms with E-state index in [1.807, 2.05) is 0 Å². The second-order valence-corrected chi connectivity index (χ2v) is 8.34. The highest BCUT2D eigenvalue weighted by Gasteiger charge is 2.35. The molecule has 3 atom stereocenters. The average Bonchev–Trinajstić information content (AvgIpc) is 3.50. The molecule has 12 heteroatoms. The fraction of sp³-hybridized carbons (Fsp3) is 0.429. The van der Waals surface area contributed by atoms with Gasteiger partial charge in [0, 0.05) is 38.5 Å². The highest BCUT2D eigenvalue weighted by Crippen LogP contribution is 2.32. The number of aliphatic hydroxyl groups excluding tert-OH is 1. The number of carbonyl (C=O) groups is 1. The summed E-state index contributed by atoms with van der Waals surface area (Å²) in [6.45, 7) is 6.85. The van der Waals surface area contributed by atoms with E-state index in [9.17, 15) is 9.90 Å². The van der Waals surface area contributed by atoms with Crippen molar-refractivity contribution in [3.05, 3.63) is 36.3 Å². The minimum absolute atomic E-state index is 0.0447. The summed E-state index contributed by atoms with van der Waals surface area (Å²) in [6, 6.07) is 0. The van der Waals surface area contributed by atoms with E-state index in [4.69, 9.17) is 21.1 Å². The number of aliphatic hydroxyl groups is 1. The van der Waals surface area contributed by atoms with Crippen LogP contribution in [0.1, 0.15) is 6.92 Å². The standard InChI is InChI=1S/C21H26ClN7O4/c1-4-17(31)28-8-13(16(10-28)32-3)11-33-20-18-15(22)6-23-19(18)26-21(27-20)25-14-5-24-29(9-14)7-12(2)30/h4-6,9,12-13,16,30H,1,7-8,10-11H2,2-3H3,(H2,23,25,26,27)/t12?,13-,16+/m1/s1. The van der Waals surface area contributed by atoms with Crippen LogP contribution in [-0.4, -0.2) is 79.7 Å². The Balaban J connectivity index is 1.53. The molecule has 3 aromatic rings. The molecule has 1 aliphatic rings. The van der Waals surface area contributed by atoms with Gasteiger partial charge in [0.15, 0.2) is 0 Å². The Hall–Kier alpha value is -3.15. The number of aromatic nitrogens is 5. The normalized spacial score (nSPS) is 19.1. The van der Waals surface area contributed by atoms with Gasteiger partial charge in [0.2, 0.25) is 17.7 Å². The molecule has 0 aromatic carbocycles. The second-order valence-electron chi connectivity index (χ2n) is 7.93. The van der Waals surface area contributed by atoms with E-state index in [0.29, 0.717) is 53.2 Å². The molecule has 1 aliphatic heterocycles. The number of aromatic amines is 1. The first-order chi connectivity index (χ1) is 15.9. The van der Waals surface area contributed by atoms with Gasteiger partial charge in [-0.15, -0.1) is 0 Å². The number of methoxy groups -OCH3 is 1. The van der Waals surface area contributed by atoms with E-state index in [2.05, 4.69) is 31.9 Å². The number of nitrogens with zero attached hydrogens (tertiary/aromatic N) is 5. The molecule has 3 N–H and O–H groups in total. The van der Waals surface area contributed by atoms with Gasteiger partial charge in [0.05, 0.1) is 47.7 Å². The van der Waals surface area contributed by atoms with E-state index in [0.717, 1.165) is 0 Å². The molecule has 33 heavy (non-hydrogen) atoms. The first-order valence-electron chi connectivity index (χ1n) is 10.5. The van der Waals surface area contributed by atoms with Gasteiger partial charge in [-0.3, -0.25) is 9.48 Å². The number of H-pyrrole nitrogens is 1. The van der Waals surface area contributed by atoms with Crippen molar-refractivity contribution in [2.45, 2.75) is 25.7 Å². The van der Waals surface area contributed by atoms with Gasteiger partial charge in [-0.05, 0) is 13.0 Å². The molecule has 3 aromatic heterocycles. The van der Waals surface area contributed by atoms with Gasteiger partial charge in [0.25, 0.3) is 0 Å². The minimum Gasteiger partial charge on any atom is -0.477 e. The van der Waals surface area contributed by atoms with Gasteiger partial charge in [-0.2, -0.15) is 15.1 Å². The monoisotopic (exact) mass is 475 g/mol. The molecular formula is C21H26ClN7O4. The molecule has 0 aliphatic carbocycles. The van der Waals surface area contributed by atoms with Crippen LogP contribution >= 0.6 is 11.6 Å². The quantitative estimate of drug-likeness (QED) is 0.400. The Labute approximate surface area is 195 Å². The van der Waals surface area contributed by atoms with E-state index < -0.39 is 6.10 Å². The summed E-state index contributed by atoms with van der Waals surface area (Å²) in [4.78, 5) is 25.7. The number of ether oxygens (including phenoxy) is 2. The molecule has 1 unspecified atom stereocenters. The average molecular weight is 476 g/mol. The largest absolute Gasteiger partial charge is 0.477 e. The summed E-state index contributed by atoms with van der Waals surface area (Å²) in [5, 5.41) is 17.8. The van der Waals surface area contributed by atoms with Crippen molar-refractivity contribution in [3.63, 3.8) is 0 Å². The van der Waals surface area contributed by atoms with E-state index in [1.165, 1.54) is 6.08 Å². The molecule has 0 spiro atoms. The third-order valence-electron chi connectivity index (χ3n) is 5.40. The first-order valence-corrected chi connectivity index (χ1v) is 10.8. The number of rotatable bonds is 9. The van der Waals surface area contributed by atoms with Crippen LogP contribution < -0.4 is 10.1 Å². The van der Waals surface area contributed by atoms with Gasteiger partial charge in [0.1, 0.15) is 5.65 Å². The summed E-state index contributed by atoms with van der Waals surface area (Å²) in [5.74, 6) is 0.427. The SMILES string of the molecule is C=CC(=O)N1C[C@H](COc2nc(Nc3cnn(CC(C)O)c3)nc3[nH]cc(Cl)c23)[C@@H](OC)C1. The smallest absolute Gasteiger partial charge is 0.246 e. The van der Waals surface area contributed by atoms with Gasteiger partial charge < -0.3 is 29.8 Å². The maximum absolute atomic E-state index is 12.0. The molecule has 1 saturated heterocycles. The number of nitrogens with one attached hydrogen (secondary N) is 2. The topological polar surface area (TPSA) is 130 Å². The van der Waals surface area contributed by atoms with Gasteiger partial charge in [-0.25, -0.2) is 0 Å². The third kappa shape index (κ3) is 5.10. The van der Waals surface area contributed by atoms with Crippen LogP contribution in [0.15, 0.2) is 31.2 Å².